The molecule has 1 heterocycles. The molecule has 0 bridgehead atoms. The van der Waals surface area contributed by atoms with Gasteiger partial charge in [-0.15, -0.1) is 0 Å². The monoisotopic (exact) mass is 268 g/mol. The number of furan rings is 1. The van der Waals surface area contributed by atoms with E-state index in [9.17, 15) is 4.79 Å². The average molecular weight is 268 g/mol. The summed E-state index contributed by atoms with van der Waals surface area (Å²) in [5.74, 6) is 1.85. The van der Waals surface area contributed by atoms with Gasteiger partial charge < -0.3 is 19.8 Å². The van der Waals surface area contributed by atoms with Crippen LogP contribution < -0.4 is 10.6 Å². The van der Waals surface area contributed by atoms with E-state index in [4.69, 9.17) is 9.15 Å². The number of rotatable bonds is 6. The average Bonchev–Trinajstić information content (AvgIpc) is 2.67. The van der Waals surface area contributed by atoms with Crippen molar-refractivity contribution in [2.24, 2.45) is 0 Å². The molecular formula is C14H24N2O3. The molecular weight excluding hydrogens is 244 g/mol. The van der Waals surface area contributed by atoms with Gasteiger partial charge in [-0.3, -0.25) is 0 Å². The van der Waals surface area contributed by atoms with Gasteiger partial charge in [-0.05, 0) is 52.8 Å². The molecule has 108 valence electrons. The fourth-order valence-electron chi connectivity index (χ4n) is 1.51. The predicted molar refractivity (Wildman–Crippen MR) is 74.0 cm³/mol. The van der Waals surface area contributed by atoms with Gasteiger partial charge in [0.2, 0.25) is 0 Å². The molecule has 1 rings (SSSR count). The Kier molecular flexibility index (Phi) is 5.89. The molecule has 1 aromatic rings. The smallest absolute Gasteiger partial charge is 0.407 e. The highest BCUT2D eigenvalue weighted by Gasteiger charge is 2.15. The van der Waals surface area contributed by atoms with Gasteiger partial charge in [0.15, 0.2) is 0 Å². The van der Waals surface area contributed by atoms with Gasteiger partial charge in [-0.1, -0.05) is 0 Å². The van der Waals surface area contributed by atoms with Crippen LogP contribution in [-0.4, -0.2) is 24.8 Å². The van der Waals surface area contributed by atoms with Crippen LogP contribution in [0.4, 0.5) is 4.79 Å². The third-order valence-electron chi connectivity index (χ3n) is 2.29. The van der Waals surface area contributed by atoms with E-state index in [1.807, 2.05) is 39.8 Å². The zero-order valence-corrected chi connectivity index (χ0v) is 12.2. The molecule has 0 fully saturated rings. The van der Waals surface area contributed by atoms with Crippen LogP contribution in [0.2, 0.25) is 0 Å². The SMILES string of the molecule is Cc1ccc(CNCCCNC(=O)OC(C)(C)C)o1. The maximum Gasteiger partial charge on any atom is 0.407 e. The molecule has 1 aromatic heterocycles. The van der Waals surface area contributed by atoms with Crippen LogP contribution in [0.3, 0.4) is 0 Å². The number of carbonyl (C=O) groups excluding carboxylic acids is 1. The Bertz CT molecular complexity index is 394. The second kappa shape index (κ2) is 7.19. The molecule has 0 aliphatic heterocycles. The van der Waals surface area contributed by atoms with Crippen LogP contribution in [0.15, 0.2) is 16.5 Å². The molecule has 1 amide bonds. The molecule has 0 aliphatic rings. The van der Waals surface area contributed by atoms with Crippen LogP contribution >= 0.6 is 0 Å². The number of alkyl carbamates (subject to hydrolysis) is 1. The van der Waals surface area contributed by atoms with E-state index >= 15 is 0 Å². The highest BCUT2D eigenvalue weighted by atomic mass is 16.6. The summed E-state index contributed by atoms with van der Waals surface area (Å²) in [4.78, 5) is 11.3. The van der Waals surface area contributed by atoms with Crippen LogP contribution in [-0.2, 0) is 11.3 Å². The Hall–Kier alpha value is -1.49. The summed E-state index contributed by atoms with van der Waals surface area (Å²) >= 11 is 0. The fourth-order valence-corrected chi connectivity index (χ4v) is 1.51. The van der Waals surface area contributed by atoms with E-state index in [2.05, 4.69) is 10.6 Å². The molecule has 5 nitrogen and oxygen atoms in total. The Labute approximate surface area is 114 Å². The highest BCUT2D eigenvalue weighted by molar-refractivity contribution is 5.67. The van der Waals surface area contributed by atoms with Crippen LogP contribution in [0, 0.1) is 6.92 Å². The lowest BCUT2D eigenvalue weighted by molar-refractivity contribution is 0.0527. The van der Waals surface area contributed by atoms with Crippen molar-refractivity contribution in [1.29, 1.82) is 0 Å². The molecule has 0 saturated heterocycles. The minimum atomic E-state index is -0.445. The first-order chi connectivity index (χ1) is 8.87. The summed E-state index contributed by atoms with van der Waals surface area (Å²) in [7, 11) is 0. The maximum atomic E-state index is 11.3. The first-order valence-electron chi connectivity index (χ1n) is 6.60. The number of hydrogen-bond donors (Lipinski definition) is 2. The van der Waals surface area contributed by atoms with Gasteiger partial charge in [0.1, 0.15) is 17.1 Å². The van der Waals surface area contributed by atoms with Crippen LogP contribution in [0.1, 0.15) is 38.7 Å². The largest absolute Gasteiger partial charge is 0.465 e. The lowest BCUT2D eigenvalue weighted by Crippen LogP contribution is -2.33. The number of amides is 1. The second-order valence-electron chi connectivity index (χ2n) is 5.47. The normalized spacial score (nSPS) is 11.4. The Balaban J connectivity index is 2.01. The molecule has 19 heavy (non-hydrogen) atoms. The van der Waals surface area contributed by atoms with Gasteiger partial charge in [-0.25, -0.2) is 4.79 Å². The molecule has 5 heteroatoms. The Morgan fingerprint density at radius 2 is 2.05 bits per heavy atom. The quantitative estimate of drug-likeness (QED) is 0.778. The van der Waals surface area contributed by atoms with Crippen molar-refractivity contribution in [3.05, 3.63) is 23.7 Å². The van der Waals surface area contributed by atoms with Gasteiger partial charge in [0, 0.05) is 6.54 Å². The van der Waals surface area contributed by atoms with E-state index in [1.165, 1.54) is 0 Å². The third kappa shape index (κ3) is 7.51. The van der Waals surface area contributed by atoms with Gasteiger partial charge in [0.05, 0.1) is 6.54 Å². The summed E-state index contributed by atoms with van der Waals surface area (Å²) < 4.78 is 10.6. The minimum Gasteiger partial charge on any atom is -0.465 e. The van der Waals surface area contributed by atoms with Gasteiger partial charge >= 0.3 is 6.09 Å². The predicted octanol–water partition coefficient (Wildman–Crippen LogP) is 2.59. The maximum absolute atomic E-state index is 11.3. The summed E-state index contributed by atoms with van der Waals surface area (Å²) in [5.41, 5.74) is -0.445. The molecule has 0 saturated carbocycles. The summed E-state index contributed by atoms with van der Waals surface area (Å²) in [5, 5.41) is 5.97. The summed E-state index contributed by atoms with van der Waals surface area (Å²) in [6.45, 7) is 9.58. The number of aryl methyl sites for hydroxylation is 1. The zero-order valence-electron chi connectivity index (χ0n) is 12.2. The van der Waals surface area contributed by atoms with Crippen molar-refractivity contribution >= 4 is 6.09 Å². The zero-order chi connectivity index (χ0) is 14.3. The van der Waals surface area contributed by atoms with Crippen LogP contribution in [0.25, 0.3) is 0 Å². The van der Waals surface area contributed by atoms with Crippen molar-refractivity contribution in [1.82, 2.24) is 10.6 Å². The number of hydrogen-bond acceptors (Lipinski definition) is 4. The Morgan fingerprint density at radius 1 is 1.32 bits per heavy atom. The minimum absolute atomic E-state index is 0.367. The van der Waals surface area contributed by atoms with Crippen molar-refractivity contribution in [2.45, 2.75) is 46.3 Å². The second-order valence-corrected chi connectivity index (χ2v) is 5.47. The number of nitrogens with one attached hydrogen (secondary N) is 2. The van der Waals surface area contributed by atoms with Crippen molar-refractivity contribution in [2.75, 3.05) is 13.1 Å². The Morgan fingerprint density at radius 3 is 2.63 bits per heavy atom. The van der Waals surface area contributed by atoms with Crippen molar-refractivity contribution in [3.63, 3.8) is 0 Å². The number of ether oxygens (including phenoxy) is 1. The topological polar surface area (TPSA) is 63.5 Å². The molecule has 0 radical (unpaired) electrons. The van der Waals surface area contributed by atoms with E-state index in [-0.39, 0.29) is 6.09 Å². The van der Waals surface area contributed by atoms with Crippen LogP contribution in [0.5, 0.6) is 0 Å². The fraction of sp³-hybridized carbons (Fsp3) is 0.643. The summed E-state index contributed by atoms with van der Waals surface area (Å²) in [6.07, 6.45) is 0.480. The lowest BCUT2D eigenvalue weighted by Gasteiger charge is -2.19. The van der Waals surface area contributed by atoms with Gasteiger partial charge in [-0.2, -0.15) is 0 Å². The van der Waals surface area contributed by atoms with Gasteiger partial charge in [0.25, 0.3) is 0 Å². The molecule has 0 atom stereocenters. The molecule has 2 N–H and O–H groups in total. The van der Waals surface area contributed by atoms with E-state index in [0.717, 1.165) is 24.5 Å². The van der Waals surface area contributed by atoms with E-state index in [0.29, 0.717) is 13.1 Å². The van der Waals surface area contributed by atoms with Crippen molar-refractivity contribution < 1.29 is 13.9 Å². The molecule has 0 aromatic carbocycles. The van der Waals surface area contributed by atoms with E-state index < -0.39 is 5.60 Å². The van der Waals surface area contributed by atoms with E-state index in [1.54, 1.807) is 0 Å². The molecule has 0 spiro atoms. The highest BCUT2D eigenvalue weighted by Crippen LogP contribution is 2.06. The third-order valence-corrected chi connectivity index (χ3v) is 2.29. The standard InChI is InChI=1S/C14H24N2O3/c1-11-6-7-12(18-11)10-15-8-5-9-16-13(17)19-14(2,3)4/h6-7,15H,5,8-10H2,1-4H3,(H,16,17). The molecule has 0 unspecified atom stereocenters. The first kappa shape index (κ1) is 15.6. The van der Waals surface area contributed by atoms with Crippen molar-refractivity contribution in [3.8, 4) is 0 Å². The number of carbonyl (C=O) groups is 1. The lowest BCUT2D eigenvalue weighted by atomic mass is 10.2. The molecule has 0 aliphatic carbocycles. The first-order valence-corrected chi connectivity index (χ1v) is 6.60. The summed E-state index contributed by atoms with van der Waals surface area (Å²) in [6, 6.07) is 3.91.